The van der Waals surface area contributed by atoms with Gasteiger partial charge in [-0.3, -0.25) is 0 Å². The van der Waals surface area contributed by atoms with Crippen LogP contribution in [0.25, 0.3) is 0 Å². The van der Waals surface area contributed by atoms with Gasteiger partial charge in [0.2, 0.25) is 0 Å². The molecule has 0 aliphatic carbocycles. The van der Waals surface area contributed by atoms with E-state index >= 15 is 0 Å². The molecule has 0 heterocycles. The highest BCUT2D eigenvalue weighted by Crippen LogP contribution is 2.09. The Morgan fingerprint density at radius 3 is 1.88 bits per heavy atom. The summed E-state index contributed by atoms with van der Waals surface area (Å²) >= 11 is 0. The quantitative estimate of drug-likeness (QED) is 0.546. The minimum atomic E-state index is -0.181. The summed E-state index contributed by atoms with van der Waals surface area (Å²) in [5, 5.41) is 0. The van der Waals surface area contributed by atoms with E-state index in [1.165, 1.54) is 0 Å². The zero-order valence-electron chi connectivity index (χ0n) is 5.94. The van der Waals surface area contributed by atoms with E-state index in [4.69, 9.17) is 11.5 Å². The molecule has 0 rings (SSSR count). The Hall–Kier alpha value is -0.0800. The molecule has 0 aromatic rings. The average Bonchev–Trinajstić information content (AvgIpc) is 1.67. The lowest BCUT2D eigenvalue weighted by Gasteiger charge is -2.26. The first-order valence-corrected chi connectivity index (χ1v) is 2.99. The largest absolute Gasteiger partial charge is 0.329 e. The van der Waals surface area contributed by atoms with Crippen LogP contribution in [-0.4, -0.2) is 12.1 Å². The maximum absolute atomic E-state index is 5.73. The molecule has 0 aliphatic heterocycles. The maximum Gasteiger partial charge on any atom is 0.0273 e. The van der Waals surface area contributed by atoms with Gasteiger partial charge in [-0.2, -0.15) is 0 Å². The number of nitrogens with two attached hydrogens (primary N) is 2. The van der Waals surface area contributed by atoms with Crippen molar-refractivity contribution in [1.29, 1.82) is 0 Å². The van der Waals surface area contributed by atoms with E-state index in [1.54, 1.807) is 0 Å². The zero-order chi connectivity index (χ0) is 6.78. The highest BCUT2D eigenvalue weighted by molar-refractivity contribution is 4.82. The third-order valence-electron chi connectivity index (χ3n) is 1.76. The van der Waals surface area contributed by atoms with Gasteiger partial charge in [-0.25, -0.2) is 0 Å². The van der Waals surface area contributed by atoms with Gasteiger partial charge in [0.15, 0.2) is 0 Å². The molecule has 0 saturated carbocycles. The van der Waals surface area contributed by atoms with Crippen LogP contribution in [0.1, 0.15) is 20.8 Å². The molecule has 4 N–H and O–H groups in total. The fourth-order valence-corrected chi connectivity index (χ4v) is 0.236. The van der Waals surface area contributed by atoms with Gasteiger partial charge in [0.1, 0.15) is 0 Å². The van der Waals surface area contributed by atoms with Crippen LogP contribution in [0.2, 0.25) is 0 Å². The second-order valence-corrected chi connectivity index (χ2v) is 2.86. The average molecular weight is 116 g/mol. The first kappa shape index (κ1) is 7.92. The van der Waals surface area contributed by atoms with E-state index in [0.29, 0.717) is 12.5 Å². The lowest BCUT2D eigenvalue weighted by molar-refractivity contribution is 0.350. The summed E-state index contributed by atoms with van der Waals surface area (Å²) in [6.07, 6.45) is 0. The predicted molar refractivity (Wildman–Crippen MR) is 36.5 cm³/mol. The van der Waals surface area contributed by atoms with Crippen LogP contribution < -0.4 is 11.5 Å². The van der Waals surface area contributed by atoms with Crippen molar-refractivity contribution in [2.75, 3.05) is 6.54 Å². The molecule has 0 aromatic heterocycles. The van der Waals surface area contributed by atoms with Gasteiger partial charge in [-0.1, -0.05) is 13.8 Å². The van der Waals surface area contributed by atoms with Gasteiger partial charge in [-0.15, -0.1) is 0 Å². The lowest BCUT2D eigenvalue weighted by Crippen LogP contribution is -2.48. The molecule has 0 aliphatic rings. The van der Waals surface area contributed by atoms with Crippen molar-refractivity contribution in [2.24, 2.45) is 17.4 Å². The third-order valence-corrected chi connectivity index (χ3v) is 1.76. The summed E-state index contributed by atoms with van der Waals surface area (Å²) in [6.45, 7) is 6.68. The highest BCUT2D eigenvalue weighted by atomic mass is 14.8. The second-order valence-electron chi connectivity index (χ2n) is 2.86. The molecule has 2 nitrogen and oxygen atoms in total. The third kappa shape index (κ3) is 1.80. The Kier molecular flexibility index (Phi) is 2.44. The molecule has 0 radical (unpaired) electrons. The molecule has 0 bridgehead atoms. The topological polar surface area (TPSA) is 52.0 Å². The summed E-state index contributed by atoms with van der Waals surface area (Å²) in [5.74, 6) is 0.465. The van der Waals surface area contributed by atoms with Crippen LogP contribution >= 0.6 is 0 Å². The molecule has 8 heavy (non-hydrogen) atoms. The Morgan fingerprint density at radius 1 is 1.50 bits per heavy atom. The van der Waals surface area contributed by atoms with Gasteiger partial charge < -0.3 is 11.5 Å². The Bertz CT molecular complexity index is 66.9. The van der Waals surface area contributed by atoms with Crippen molar-refractivity contribution in [3.05, 3.63) is 0 Å². The SMILES string of the molecule is CC(C)C(C)(N)CN. The van der Waals surface area contributed by atoms with E-state index < -0.39 is 0 Å². The smallest absolute Gasteiger partial charge is 0.0273 e. The molecule has 0 saturated heterocycles. The van der Waals surface area contributed by atoms with Crippen LogP contribution in [0, 0.1) is 5.92 Å². The molecule has 0 fully saturated rings. The molecule has 0 aromatic carbocycles. The number of hydrogen-bond donors (Lipinski definition) is 2. The summed E-state index contributed by atoms with van der Waals surface area (Å²) in [6, 6.07) is 0. The van der Waals surface area contributed by atoms with Crippen LogP contribution in [0.3, 0.4) is 0 Å². The first-order valence-electron chi connectivity index (χ1n) is 2.99. The molecule has 2 heteroatoms. The van der Waals surface area contributed by atoms with E-state index in [-0.39, 0.29) is 5.54 Å². The Morgan fingerprint density at radius 2 is 1.88 bits per heavy atom. The minimum Gasteiger partial charge on any atom is -0.329 e. The van der Waals surface area contributed by atoms with Crippen molar-refractivity contribution in [1.82, 2.24) is 0 Å². The van der Waals surface area contributed by atoms with Crippen molar-refractivity contribution in [3.63, 3.8) is 0 Å². The predicted octanol–water partition coefficient (Wildman–Crippen LogP) is 0.319. The van der Waals surface area contributed by atoms with Crippen LogP contribution in [0.5, 0.6) is 0 Å². The molecular weight excluding hydrogens is 100 g/mol. The van der Waals surface area contributed by atoms with Crippen LogP contribution in [0.15, 0.2) is 0 Å². The number of hydrogen-bond acceptors (Lipinski definition) is 2. The van der Waals surface area contributed by atoms with Gasteiger partial charge in [0.05, 0.1) is 0 Å². The van der Waals surface area contributed by atoms with Gasteiger partial charge >= 0.3 is 0 Å². The first-order chi connectivity index (χ1) is 3.50. The molecule has 0 amide bonds. The van der Waals surface area contributed by atoms with Crippen molar-refractivity contribution in [3.8, 4) is 0 Å². The molecular formula is C6H16N2. The zero-order valence-corrected chi connectivity index (χ0v) is 5.94. The Labute approximate surface area is 51.2 Å². The monoisotopic (exact) mass is 116 g/mol. The van der Waals surface area contributed by atoms with Crippen LogP contribution in [-0.2, 0) is 0 Å². The standard InChI is InChI=1S/C6H16N2/c1-5(2)6(3,8)4-7/h5H,4,7-8H2,1-3H3. The van der Waals surface area contributed by atoms with Gasteiger partial charge in [0, 0.05) is 12.1 Å². The lowest BCUT2D eigenvalue weighted by atomic mass is 9.90. The number of rotatable bonds is 2. The van der Waals surface area contributed by atoms with Crippen LogP contribution in [0.4, 0.5) is 0 Å². The van der Waals surface area contributed by atoms with Crippen molar-refractivity contribution in [2.45, 2.75) is 26.3 Å². The fraction of sp³-hybridized carbons (Fsp3) is 1.00. The van der Waals surface area contributed by atoms with Gasteiger partial charge in [0.25, 0.3) is 0 Å². The van der Waals surface area contributed by atoms with Gasteiger partial charge in [-0.05, 0) is 12.8 Å². The van der Waals surface area contributed by atoms with Crippen molar-refractivity contribution >= 4 is 0 Å². The van der Waals surface area contributed by atoms with E-state index in [1.807, 2.05) is 6.92 Å². The summed E-state index contributed by atoms with van der Waals surface area (Å²) < 4.78 is 0. The summed E-state index contributed by atoms with van der Waals surface area (Å²) in [5.41, 5.74) is 10.9. The minimum absolute atomic E-state index is 0.181. The second kappa shape index (κ2) is 2.46. The molecule has 50 valence electrons. The molecule has 1 unspecified atom stereocenters. The summed E-state index contributed by atoms with van der Waals surface area (Å²) in [4.78, 5) is 0. The van der Waals surface area contributed by atoms with E-state index in [9.17, 15) is 0 Å². The maximum atomic E-state index is 5.73. The molecule has 1 atom stereocenters. The summed E-state index contributed by atoms with van der Waals surface area (Å²) in [7, 11) is 0. The van der Waals surface area contributed by atoms with E-state index in [0.717, 1.165) is 0 Å². The molecule has 0 spiro atoms. The van der Waals surface area contributed by atoms with Crippen molar-refractivity contribution < 1.29 is 0 Å². The Balaban J connectivity index is 3.71. The normalized spacial score (nSPS) is 18.8. The fourth-order valence-electron chi connectivity index (χ4n) is 0.236. The van der Waals surface area contributed by atoms with E-state index in [2.05, 4.69) is 13.8 Å². The highest BCUT2D eigenvalue weighted by Gasteiger charge is 2.19.